The number of rotatable bonds is 10. The van der Waals surface area contributed by atoms with E-state index in [4.69, 9.17) is 4.74 Å². The number of hydrogen-bond donors (Lipinski definition) is 2. The number of aryl methyl sites for hydroxylation is 1. The molecule has 0 aromatic heterocycles. The summed E-state index contributed by atoms with van der Waals surface area (Å²) in [6.07, 6.45) is 7.21. The van der Waals surface area contributed by atoms with Crippen molar-refractivity contribution in [2.24, 2.45) is 5.41 Å². The molecular weight excluding hydrogens is 582 g/mol. The Bertz CT molecular complexity index is 1530. The zero-order chi connectivity index (χ0) is 32.5. The molecule has 2 aliphatic rings. The van der Waals surface area contributed by atoms with E-state index in [0.29, 0.717) is 28.2 Å². The van der Waals surface area contributed by atoms with Gasteiger partial charge in [0.15, 0.2) is 6.61 Å². The highest BCUT2D eigenvalue weighted by molar-refractivity contribution is 6.05. The first kappa shape index (κ1) is 32.5. The monoisotopic (exact) mass is 625 g/mol. The van der Waals surface area contributed by atoms with Crippen molar-refractivity contribution >= 4 is 40.8 Å². The molecule has 10 heteroatoms. The maximum absolute atomic E-state index is 13.6. The number of likely N-dealkylation sites (tertiary alicyclic amines) is 1. The lowest BCUT2D eigenvalue weighted by Gasteiger charge is -2.39. The molecule has 5 amide bonds. The van der Waals surface area contributed by atoms with Crippen LogP contribution in [0.3, 0.4) is 0 Å². The van der Waals surface area contributed by atoms with E-state index in [1.54, 1.807) is 37.4 Å². The highest BCUT2D eigenvalue weighted by Gasteiger charge is 2.38. The summed E-state index contributed by atoms with van der Waals surface area (Å²) in [7, 11) is 1.65. The second-order valence-corrected chi connectivity index (χ2v) is 12.3. The molecule has 242 valence electrons. The molecule has 3 aromatic carbocycles. The van der Waals surface area contributed by atoms with Crippen LogP contribution in [0.5, 0.6) is 5.75 Å². The van der Waals surface area contributed by atoms with E-state index < -0.39 is 11.9 Å². The van der Waals surface area contributed by atoms with E-state index in [0.717, 1.165) is 31.5 Å². The van der Waals surface area contributed by atoms with Crippen LogP contribution in [-0.4, -0.2) is 68.5 Å². The van der Waals surface area contributed by atoms with E-state index in [1.807, 2.05) is 60.4 Å². The minimum atomic E-state index is -0.543. The van der Waals surface area contributed by atoms with Gasteiger partial charge in [0.05, 0.1) is 6.54 Å². The number of urea groups is 1. The fourth-order valence-corrected chi connectivity index (χ4v) is 6.34. The highest BCUT2D eigenvalue weighted by Crippen LogP contribution is 2.46. The largest absolute Gasteiger partial charge is 0.484 e. The number of anilines is 3. The van der Waals surface area contributed by atoms with Crippen molar-refractivity contribution in [3.63, 3.8) is 0 Å². The number of nitrogens with zero attached hydrogens (tertiary/aromatic N) is 3. The molecule has 1 saturated heterocycles. The van der Waals surface area contributed by atoms with Crippen molar-refractivity contribution in [1.29, 1.82) is 0 Å². The van der Waals surface area contributed by atoms with Gasteiger partial charge in [0.25, 0.3) is 5.91 Å². The van der Waals surface area contributed by atoms with Crippen LogP contribution in [0.15, 0.2) is 78.9 Å². The van der Waals surface area contributed by atoms with Crippen LogP contribution in [-0.2, 0) is 14.4 Å². The molecular formula is C36H43N5O5. The Morgan fingerprint density at radius 3 is 2.24 bits per heavy atom. The van der Waals surface area contributed by atoms with Crippen LogP contribution in [0.25, 0.3) is 0 Å². The fraction of sp³-hybridized carbons (Fsp3) is 0.389. The number of nitrogens with one attached hydrogen (secondary N) is 2. The first-order chi connectivity index (χ1) is 22.2. The normalized spacial score (nSPS) is 15.2. The summed E-state index contributed by atoms with van der Waals surface area (Å²) >= 11 is 0. The average Bonchev–Trinajstić information content (AvgIpc) is 3.53. The molecule has 3 aromatic rings. The summed E-state index contributed by atoms with van der Waals surface area (Å²) in [4.78, 5) is 57.2. The Morgan fingerprint density at radius 2 is 1.52 bits per heavy atom. The highest BCUT2D eigenvalue weighted by atomic mass is 16.5. The quantitative estimate of drug-likeness (QED) is 0.315. The zero-order valence-corrected chi connectivity index (χ0v) is 26.7. The van der Waals surface area contributed by atoms with E-state index in [2.05, 4.69) is 10.6 Å². The third-order valence-corrected chi connectivity index (χ3v) is 9.12. The van der Waals surface area contributed by atoms with Gasteiger partial charge in [-0.3, -0.25) is 14.4 Å². The zero-order valence-electron chi connectivity index (χ0n) is 26.7. The molecule has 2 fully saturated rings. The van der Waals surface area contributed by atoms with Crippen LogP contribution >= 0.6 is 0 Å². The van der Waals surface area contributed by atoms with E-state index in [-0.39, 0.29) is 31.5 Å². The lowest BCUT2D eigenvalue weighted by Crippen LogP contribution is -2.46. The third-order valence-electron chi connectivity index (χ3n) is 9.12. The first-order valence-corrected chi connectivity index (χ1v) is 16.0. The number of para-hydroxylation sites is 1. The summed E-state index contributed by atoms with van der Waals surface area (Å²) in [6.45, 7) is 2.70. The minimum absolute atomic E-state index is 0.0605. The number of piperidine rings is 1. The van der Waals surface area contributed by atoms with Gasteiger partial charge in [-0.2, -0.15) is 0 Å². The summed E-state index contributed by atoms with van der Waals surface area (Å²) in [5.74, 6) is -0.469. The number of carbonyl (C=O) groups is 4. The Labute approximate surface area is 270 Å². The Balaban J connectivity index is 1.24. The van der Waals surface area contributed by atoms with Crippen molar-refractivity contribution in [3.8, 4) is 5.75 Å². The maximum Gasteiger partial charge on any atom is 0.319 e. The number of hydrogen-bond acceptors (Lipinski definition) is 5. The van der Waals surface area contributed by atoms with Gasteiger partial charge in [0.1, 0.15) is 12.3 Å². The molecule has 1 aliphatic heterocycles. The van der Waals surface area contributed by atoms with Crippen LogP contribution < -0.4 is 25.2 Å². The third kappa shape index (κ3) is 8.44. The lowest BCUT2D eigenvalue weighted by atomic mass is 9.77. The Morgan fingerprint density at radius 1 is 0.826 bits per heavy atom. The van der Waals surface area contributed by atoms with Gasteiger partial charge in [-0.1, -0.05) is 49.2 Å². The van der Waals surface area contributed by atoms with Crippen molar-refractivity contribution in [3.05, 3.63) is 84.4 Å². The van der Waals surface area contributed by atoms with Crippen molar-refractivity contribution in [1.82, 2.24) is 10.2 Å². The molecule has 0 bridgehead atoms. The van der Waals surface area contributed by atoms with E-state index >= 15 is 0 Å². The van der Waals surface area contributed by atoms with Crippen LogP contribution in [0.4, 0.5) is 21.9 Å². The van der Waals surface area contributed by atoms with Crippen molar-refractivity contribution in [2.45, 2.75) is 45.4 Å². The molecule has 46 heavy (non-hydrogen) atoms. The van der Waals surface area contributed by atoms with Crippen LogP contribution in [0, 0.1) is 12.3 Å². The number of amides is 5. The predicted molar refractivity (Wildman–Crippen MR) is 179 cm³/mol. The smallest absolute Gasteiger partial charge is 0.319 e. The maximum atomic E-state index is 13.6. The summed E-state index contributed by atoms with van der Waals surface area (Å²) in [5.41, 5.74) is 3.10. The van der Waals surface area contributed by atoms with Crippen LogP contribution in [0.2, 0.25) is 0 Å². The number of likely N-dealkylation sites (N-methyl/N-ethyl adjacent to an activating group) is 1. The molecule has 10 nitrogen and oxygen atoms in total. The molecule has 0 unspecified atom stereocenters. The standard InChI is InChI=1S/C36H43N5O5/c1-27-10-8-11-28(22-27)38-35(45)37-24-32(42)41(25-33(43)39(2)29-12-4-3-5-13-29)30-14-9-15-31(23-30)46-26-34(44)40-20-18-36(19-21-40)16-6-7-17-36/h3-5,8-15,22-23H,6-7,16-21,24-26H2,1-2H3,(H2,37,38,45). The minimum Gasteiger partial charge on any atom is -0.484 e. The Kier molecular flexibility index (Phi) is 10.6. The van der Waals surface area contributed by atoms with Gasteiger partial charge in [-0.25, -0.2) is 4.79 Å². The van der Waals surface area contributed by atoms with Gasteiger partial charge in [0.2, 0.25) is 11.8 Å². The molecule has 1 saturated carbocycles. The average molecular weight is 626 g/mol. The summed E-state index contributed by atoms with van der Waals surface area (Å²) < 4.78 is 5.90. The summed E-state index contributed by atoms with van der Waals surface area (Å²) in [6, 6.07) is 22.7. The van der Waals surface area contributed by atoms with Gasteiger partial charge in [-0.15, -0.1) is 0 Å². The summed E-state index contributed by atoms with van der Waals surface area (Å²) in [5, 5.41) is 5.32. The molecule has 1 heterocycles. The van der Waals surface area contributed by atoms with E-state index in [9.17, 15) is 19.2 Å². The SMILES string of the molecule is Cc1cccc(NC(=O)NCC(=O)N(CC(=O)N(C)c2ccccc2)c2cccc(OCC(=O)N3CCC4(CCCC4)CC3)c2)c1. The molecule has 1 aliphatic carbocycles. The Hall–Kier alpha value is -4.86. The van der Waals surface area contributed by atoms with E-state index in [1.165, 1.54) is 35.5 Å². The van der Waals surface area contributed by atoms with Crippen LogP contribution in [0.1, 0.15) is 44.1 Å². The lowest BCUT2D eigenvalue weighted by molar-refractivity contribution is -0.135. The fourth-order valence-electron chi connectivity index (χ4n) is 6.34. The second kappa shape index (κ2) is 14.9. The molecule has 0 radical (unpaired) electrons. The van der Waals surface area contributed by atoms with Gasteiger partial charge < -0.3 is 30.1 Å². The predicted octanol–water partition coefficient (Wildman–Crippen LogP) is 5.37. The molecule has 2 N–H and O–H groups in total. The topological polar surface area (TPSA) is 111 Å². The van der Waals surface area contributed by atoms with Crippen molar-refractivity contribution < 1.29 is 23.9 Å². The van der Waals surface area contributed by atoms with Gasteiger partial charge in [0, 0.05) is 43.3 Å². The molecule has 0 atom stereocenters. The molecule has 1 spiro atoms. The van der Waals surface area contributed by atoms with Gasteiger partial charge in [-0.05, 0) is 80.0 Å². The number of carbonyl (C=O) groups excluding carboxylic acids is 4. The number of benzene rings is 3. The van der Waals surface area contributed by atoms with Gasteiger partial charge >= 0.3 is 6.03 Å². The van der Waals surface area contributed by atoms with Crippen molar-refractivity contribution in [2.75, 3.05) is 55.0 Å². The number of ether oxygens (including phenoxy) is 1. The first-order valence-electron chi connectivity index (χ1n) is 16.0. The molecule has 5 rings (SSSR count). The second-order valence-electron chi connectivity index (χ2n) is 12.3.